The van der Waals surface area contributed by atoms with Crippen LogP contribution in [0.1, 0.15) is 13.8 Å². The fraction of sp³-hybridized carbons (Fsp3) is 0.857. The van der Waals surface area contributed by atoms with E-state index < -0.39 is 23.9 Å². The molecule has 0 aliphatic rings. The van der Waals surface area contributed by atoms with Crippen LogP contribution in [-0.2, 0) is 9.53 Å². The van der Waals surface area contributed by atoms with Gasteiger partial charge in [-0.25, -0.2) is 8.78 Å². The number of carbonyl (C=O) groups excluding carboxylic acids is 1. The second-order valence-electron chi connectivity index (χ2n) is 2.83. The number of ether oxygens (including phenoxy) is 1. The fourth-order valence-corrected chi connectivity index (χ4v) is 0.643. The van der Waals surface area contributed by atoms with Crippen molar-refractivity contribution in [3.05, 3.63) is 0 Å². The Hall–Kier alpha value is -0.710. The van der Waals surface area contributed by atoms with Crippen LogP contribution >= 0.6 is 0 Å². The van der Waals surface area contributed by atoms with Crippen LogP contribution in [0.2, 0.25) is 0 Å². The zero-order chi connectivity index (χ0) is 9.94. The van der Waals surface area contributed by atoms with Crippen LogP contribution in [0.15, 0.2) is 0 Å². The third-order valence-corrected chi connectivity index (χ3v) is 1.64. The molecule has 0 radical (unpaired) electrons. The largest absolute Gasteiger partial charge is 0.468 e. The highest BCUT2D eigenvalue weighted by Crippen LogP contribution is 2.27. The maximum atomic E-state index is 13.0. The molecule has 0 aromatic carbocycles. The van der Waals surface area contributed by atoms with E-state index in [0.29, 0.717) is 0 Å². The molecule has 0 rings (SSSR count). The van der Waals surface area contributed by atoms with E-state index in [0.717, 1.165) is 7.11 Å². The molecule has 2 N–H and O–H groups in total. The normalized spacial score (nSPS) is 14.6. The summed E-state index contributed by atoms with van der Waals surface area (Å²) in [5, 5.41) is 0. The van der Waals surface area contributed by atoms with E-state index in [1.54, 1.807) is 0 Å². The molecule has 0 saturated heterocycles. The number of esters is 1. The Bertz CT molecular complexity index is 171. The molecule has 72 valence electrons. The van der Waals surface area contributed by atoms with Crippen LogP contribution in [-0.4, -0.2) is 25.0 Å². The summed E-state index contributed by atoms with van der Waals surface area (Å²) < 4.78 is 30.0. The van der Waals surface area contributed by atoms with Gasteiger partial charge in [0.25, 0.3) is 5.92 Å². The predicted octanol–water partition coefficient (Wildman–Crippen LogP) is 0.778. The predicted molar refractivity (Wildman–Crippen MR) is 39.8 cm³/mol. The fourth-order valence-electron chi connectivity index (χ4n) is 0.643. The zero-order valence-corrected chi connectivity index (χ0v) is 7.30. The number of methoxy groups -OCH3 is 1. The minimum absolute atomic E-state index is 0.980. The van der Waals surface area contributed by atoms with E-state index in [9.17, 15) is 13.6 Å². The van der Waals surface area contributed by atoms with Gasteiger partial charge in [-0.1, -0.05) is 13.8 Å². The minimum atomic E-state index is -3.22. The van der Waals surface area contributed by atoms with Gasteiger partial charge in [0.1, 0.15) is 0 Å². The molecule has 0 aromatic heterocycles. The Labute approximate surface area is 69.9 Å². The summed E-state index contributed by atoms with van der Waals surface area (Å²) in [4.78, 5) is 10.6. The third-order valence-electron chi connectivity index (χ3n) is 1.64. The lowest BCUT2D eigenvalue weighted by atomic mass is 9.99. The standard InChI is InChI=1S/C7H13F2NO2/c1-4(2)7(8,9)5(10)6(11)12-3/h4-5H,10H2,1-3H3. The lowest BCUT2D eigenvalue weighted by molar-refractivity contribution is -0.156. The molecule has 0 bridgehead atoms. The molecule has 0 heterocycles. The first-order valence-electron chi connectivity index (χ1n) is 3.55. The molecular weight excluding hydrogens is 168 g/mol. The summed E-state index contributed by atoms with van der Waals surface area (Å²) >= 11 is 0. The number of hydrogen-bond donors (Lipinski definition) is 1. The monoisotopic (exact) mass is 181 g/mol. The van der Waals surface area contributed by atoms with Gasteiger partial charge in [-0.15, -0.1) is 0 Å². The molecule has 0 aliphatic heterocycles. The second kappa shape index (κ2) is 3.80. The van der Waals surface area contributed by atoms with Crippen LogP contribution in [0.5, 0.6) is 0 Å². The van der Waals surface area contributed by atoms with Crippen LogP contribution < -0.4 is 5.73 Å². The third kappa shape index (κ3) is 2.14. The van der Waals surface area contributed by atoms with E-state index in [4.69, 9.17) is 5.73 Å². The molecule has 0 saturated carbocycles. The van der Waals surface area contributed by atoms with E-state index in [1.807, 2.05) is 0 Å². The van der Waals surface area contributed by atoms with Crippen molar-refractivity contribution in [2.45, 2.75) is 25.8 Å². The van der Waals surface area contributed by atoms with Gasteiger partial charge in [-0.2, -0.15) is 0 Å². The van der Waals surface area contributed by atoms with Gasteiger partial charge in [0.2, 0.25) is 0 Å². The van der Waals surface area contributed by atoms with E-state index in [1.165, 1.54) is 13.8 Å². The molecular formula is C7H13F2NO2. The number of rotatable bonds is 3. The van der Waals surface area contributed by atoms with Crippen molar-refractivity contribution in [3.8, 4) is 0 Å². The number of alkyl halides is 2. The molecule has 0 spiro atoms. The van der Waals surface area contributed by atoms with Crippen LogP contribution in [0.25, 0.3) is 0 Å². The molecule has 3 nitrogen and oxygen atoms in total. The first-order valence-corrected chi connectivity index (χ1v) is 3.55. The van der Waals surface area contributed by atoms with Crippen molar-refractivity contribution in [3.63, 3.8) is 0 Å². The Morgan fingerprint density at radius 3 is 2.17 bits per heavy atom. The van der Waals surface area contributed by atoms with Crippen molar-refractivity contribution in [2.24, 2.45) is 11.7 Å². The lowest BCUT2D eigenvalue weighted by Crippen LogP contribution is -2.50. The van der Waals surface area contributed by atoms with Crippen molar-refractivity contribution >= 4 is 5.97 Å². The molecule has 12 heavy (non-hydrogen) atoms. The SMILES string of the molecule is COC(=O)C(N)C(F)(F)C(C)C. The Kier molecular flexibility index (Phi) is 3.57. The summed E-state index contributed by atoms with van der Waals surface area (Å²) in [5.74, 6) is -5.28. The minimum Gasteiger partial charge on any atom is -0.468 e. The first-order chi connectivity index (χ1) is 5.34. The van der Waals surface area contributed by atoms with E-state index in [2.05, 4.69) is 4.74 Å². The quantitative estimate of drug-likeness (QED) is 0.654. The first kappa shape index (κ1) is 11.3. The van der Waals surface area contributed by atoms with E-state index >= 15 is 0 Å². The molecule has 1 atom stereocenters. The Morgan fingerprint density at radius 1 is 1.50 bits per heavy atom. The smallest absolute Gasteiger partial charge is 0.328 e. The summed E-state index contributed by atoms with van der Waals surface area (Å²) in [6.07, 6.45) is 0. The summed E-state index contributed by atoms with van der Waals surface area (Å²) in [5.41, 5.74) is 4.98. The van der Waals surface area contributed by atoms with Crippen molar-refractivity contribution in [1.29, 1.82) is 0 Å². The molecule has 0 fully saturated rings. The van der Waals surface area contributed by atoms with Crippen molar-refractivity contribution < 1.29 is 18.3 Å². The van der Waals surface area contributed by atoms with Gasteiger partial charge in [-0.05, 0) is 0 Å². The van der Waals surface area contributed by atoms with Gasteiger partial charge >= 0.3 is 5.97 Å². The number of carbonyl (C=O) groups is 1. The van der Waals surface area contributed by atoms with Gasteiger partial charge < -0.3 is 10.5 Å². The van der Waals surface area contributed by atoms with Crippen molar-refractivity contribution in [1.82, 2.24) is 0 Å². The van der Waals surface area contributed by atoms with Crippen molar-refractivity contribution in [2.75, 3.05) is 7.11 Å². The van der Waals surface area contributed by atoms with Gasteiger partial charge in [0, 0.05) is 5.92 Å². The molecule has 5 heteroatoms. The lowest BCUT2D eigenvalue weighted by Gasteiger charge is -2.24. The average molecular weight is 181 g/mol. The Balaban J connectivity index is 4.45. The van der Waals surface area contributed by atoms with Gasteiger partial charge in [0.05, 0.1) is 7.11 Å². The number of hydrogen-bond acceptors (Lipinski definition) is 3. The highest BCUT2D eigenvalue weighted by atomic mass is 19.3. The average Bonchev–Trinajstić information content (AvgIpc) is 2.01. The highest BCUT2D eigenvalue weighted by molar-refractivity contribution is 5.76. The zero-order valence-electron chi connectivity index (χ0n) is 7.30. The maximum absolute atomic E-state index is 13.0. The van der Waals surface area contributed by atoms with E-state index in [-0.39, 0.29) is 0 Å². The molecule has 0 amide bonds. The summed E-state index contributed by atoms with van der Waals surface area (Å²) in [6.45, 7) is 2.59. The number of halogens is 2. The second-order valence-corrected chi connectivity index (χ2v) is 2.83. The Morgan fingerprint density at radius 2 is 1.92 bits per heavy atom. The van der Waals surface area contributed by atoms with Crippen LogP contribution in [0.3, 0.4) is 0 Å². The highest BCUT2D eigenvalue weighted by Gasteiger charge is 2.45. The van der Waals surface area contributed by atoms with Gasteiger partial charge in [0.15, 0.2) is 6.04 Å². The molecule has 0 aromatic rings. The van der Waals surface area contributed by atoms with Crippen LogP contribution in [0, 0.1) is 5.92 Å². The number of nitrogens with two attached hydrogens (primary N) is 1. The molecule has 0 aliphatic carbocycles. The maximum Gasteiger partial charge on any atom is 0.328 e. The molecule has 1 unspecified atom stereocenters. The summed E-state index contributed by atoms with van der Waals surface area (Å²) in [6, 6.07) is -1.87. The van der Waals surface area contributed by atoms with Crippen LogP contribution in [0.4, 0.5) is 8.78 Å². The topological polar surface area (TPSA) is 52.3 Å². The van der Waals surface area contributed by atoms with Gasteiger partial charge in [-0.3, -0.25) is 4.79 Å². The summed E-state index contributed by atoms with van der Waals surface area (Å²) in [7, 11) is 1.03.